The average Bonchev–Trinajstić information content (AvgIpc) is 1.66. The molecule has 15 aromatic rings. The second-order valence-electron chi connectivity index (χ2n) is 33.5. The first-order chi connectivity index (χ1) is 64.4. The first-order valence-electron chi connectivity index (χ1n) is 44.1. The molecule has 3 fully saturated rings. The van der Waals surface area contributed by atoms with Crippen LogP contribution >= 0.6 is 11.3 Å². The third kappa shape index (κ3) is 20.8. The van der Waals surface area contributed by atoms with Crippen molar-refractivity contribution in [2.45, 2.75) is 117 Å². The third-order valence-electron chi connectivity index (χ3n) is 24.1. The van der Waals surface area contributed by atoms with Gasteiger partial charge in [-0.15, -0.1) is 11.3 Å². The fourth-order valence-electron chi connectivity index (χ4n) is 17.0. The van der Waals surface area contributed by atoms with Crippen LogP contribution in [0.1, 0.15) is 86.4 Å². The molecule has 2 atom stereocenters. The first-order valence-corrected chi connectivity index (χ1v) is 49.5. The average molecular weight is 1860 g/mol. The van der Waals surface area contributed by atoms with Gasteiger partial charge in [-0.25, -0.2) is 36.8 Å². The van der Waals surface area contributed by atoms with E-state index >= 15 is 0 Å². The molecular weight excluding hydrogens is 1760 g/mol. The molecule has 11 aromatic heterocycles. The second kappa shape index (κ2) is 40.5. The minimum Gasteiger partial charge on any atom is -0.381 e. The van der Waals surface area contributed by atoms with E-state index in [1.54, 1.807) is 114 Å². The largest absolute Gasteiger partial charge is 0.381 e. The van der Waals surface area contributed by atoms with Gasteiger partial charge >= 0.3 is 0 Å². The minimum absolute atomic E-state index is 0.0134. The standard InChI is InChI=1S/C33H34N8O3S2.C32H35N9O3S.C32H33N7O2S/c1-22-4-3-5-27(22)28-18-24-19-36-32(37-25-6-8-26(9-7-25)40-15-13-39(2)14-16-40)38-30(24)41(31(28)42)21-23-10-11-34-20-29(23)46(43,44)33-35-12-17-45-33;1-21(2)45(43,44)29-8-5-15-35-28(29)20-41-30-22(16-27(31(41)42)38-26-7-4-14-34-19-26)17-36-32(40-30)39-24-11-9-23(10-12-24)37-25-6-3-13-33-18-25;1-21-6-4-5-7-26(21)27-17-23-19-35-32(36-25-8-9-28(22(2)16-25)38-14-12-33-13-15-38)37-30(23)39(31(27)40)20-24-18-34-11-10-29(24)42(3)41/h6-12,17-20H,3-5,13-16,21H2,1-2H3,(H,36,37,38);4-5,7-12,14-17,19,21,25,33,37-38H,3,6,13,18,20H2,1-2H3,(H,36,39,40);4-11,16-19,33H,12-15,20H2,1-3H3,(H,35,36,37). The summed E-state index contributed by atoms with van der Waals surface area (Å²) < 4.78 is 70.6. The molecule has 2 unspecified atom stereocenters. The fraction of sp³-hybridized carbons (Fsp3) is 0.278. The molecule has 32 nitrogen and oxygen atoms in total. The molecule has 682 valence electrons. The summed E-state index contributed by atoms with van der Waals surface area (Å²) in [6.45, 7) is 19.4. The van der Waals surface area contributed by atoms with E-state index < -0.39 is 41.3 Å². The topological polar surface area (TPSA) is 387 Å². The molecule has 14 heterocycles. The number of hydrogen-bond acceptors (Lipinski definition) is 30. The number of benzene rings is 4. The van der Waals surface area contributed by atoms with Crippen LogP contribution in [0.15, 0.2) is 258 Å². The summed E-state index contributed by atoms with van der Waals surface area (Å²) in [5, 5.41) is 26.3. The number of pyridine rings is 7. The van der Waals surface area contributed by atoms with Crippen LogP contribution in [0, 0.1) is 13.8 Å². The zero-order valence-electron chi connectivity index (χ0n) is 74.7. The van der Waals surface area contributed by atoms with Crippen molar-refractivity contribution in [2.24, 2.45) is 0 Å². The predicted octanol–water partition coefficient (Wildman–Crippen LogP) is 13.8. The van der Waals surface area contributed by atoms with E-state index in [1.807, 2.05) is 85.8 Å². The fourth-order valence-corrected chi connectivity index (χ4v) is 21.3. The molecule has 3 aliphatic heterocycles. The van der Waals surface area contributed by atoms with E-state index in [0.29, 0.717) is 78.5 Å². The molecule has 0 radical (unpaired) electrons. The van der Waals surface area contributed by atoms with Gasteiger partial charge in [-0.05, 0) is 229 Å². The number of aromatic nitrogens is 14. The number of piperidine rings is 1. The Morgan fingerprint density at radius 1 is 0.504 bits per heavy atom. The summed E-state index contributed by atoms with van der Waals surface area (Å²) in [4.78, 5) is 99.1. The van der Waals surface area contributed by atoms with Crippen LogP contribution in [-0.4, -0.2) is 185 Å². The summed E-state index contributed by atoms with van der Waals surface area (Å²) in [7, 11) is -6.71. The Bertz CT molecular complexity index is 7290. The molecule has 7 N–H and O–H groups in total. The molecule has 0 saturated carbocycles. The van der Waals surface area contributed by atoms with Crippen LogP contribution in [-0.2, 0) is 50.1 Å². The molecular formula is C97H102N24O8S4. The van der Waals surface area contributed by atoms with Crippen molar-refractivity contribution in [3.8, 4) is 11.1 Å². The van der Waals surface area contributed by atoms with Crippen LogP contribution in [0.2, 0.25) is 0 Å². The van der Waals surface area contributed by atoms with Crippen molar-refractivity contribution in [3.05, 3.63) is 289 Å². The number of nitrogens with one attached hydrogen (secondary N) is 7. The summed E-state index contributed by atoms with van der Waals surface area (Å²) in [6, 6.07) is 45.9. The highest BCUT2D eigenvalue weighted by atomic mass is 32.2. The van der Waals surface area contributed by atoms with E-state index in [4.69, 9.17) is 15.0 Å². The summed E-state index contributed by atoms with van der Waals surface area (Å²) >= 11 is 1.04. The molecule has 0 bridgehead atoms. The number of allylic oxidation sites excluding steroid dienone is 2. The maximum Gasteiger partial charge on any atom is 0.276 e. The van der Waals surface area contributed by atoms with Gasteiger partial charge in [-0.2, -0.15) is 15.0 Å². The van der Waals surface area contributed by atoms with Gasteiger partial charge in [0, 0.05) is 210 Å². The monoisotopic (exact) mass is 1860 g/mol. The van der Waals surface area contributed by atoms with Gasteiger partial charge in [0.05, 0.1) is 63.1 Å². The molecule has 4 aromatic carbocycles. The lowest BCUT2D eigenvalue weighted by Gasteiger charge is -2.34. The number of aryl methyl sites for hydroxylation is 2. The van der Waals surface area contributed by atoms with E-state index in [1.165, 1.54) is 52.2 Å². The Labute approximate surface area is 776 Å². The molecule has 36 heteroatoms. The number of anilines is 11. The number of fused-ring (bicyclic) bond motifs is 3. The van der Waals surface area contributed by atoms with Gasteiger partial charge in [0.2, 0.25) is 32.0 Å². The normalized spacial score (nSPS) is 15.2. The number of piperazine rings is 2. The van der Waals surface area contributed by atoms with Gasteiger partial charge in [0.25, 0.3) is 16.7 Å². The molecule has 0 amide bonds. The quantitative estimate of drug-likeness (QED) is 0.0279. The Hall–Kier alpha value is -13.8. The summed E-state index contributed by atoms with van der Waals surface area (Å²) in [5.41, 5.74) is 15.0. The van der Waals surface area contributed by atoms with Crippen molar-refractivity contribution in [3.63, 3.8) is 0 Å². The lowest BCUT2D eigenvalue weighted by atomic mass is 10.0. The Morgan fingerprint density at radius 2 is 1.12 bits per heavy atom. The predicted molar refractivity (Wildman–Crippen MR) is 526 cm³/mol. The SMILES string of the molecule is CC(C)S(=O)(=O)c1cccnc1Cn1c(=O)c(Nc2cccnc2)cc2cnc(Nc3ccc(NC4CCCNC4)cc3)nc21.CC1=C(c2cc3cnc(Nc4ccc(N5CCN(C)CC5)cc4)nc3n(Cc3ccncc3S(=O)(=O)c3nccs3)c2=O)CCC1.Cc1ccccc1-c1cc2cnc(Nc3ccc(N4CCNCC4)c(C)c3)nc2n(Cc2cnccc2S(C)=O)c1=O. The number of thiazole rings is 1. The van der Waals surface area contributed by atoms with Gasteiger partial charge < -0.3 is 51.9 Å². The van der Waals surface area contributed by atoms with Crippen LogP contribution in [0.4, 0.5) is 63.3 Å². The Balaban J connectivity index is 0.000000139. The minimum atomic E-state index is -3.94. The van der Waals surface area contributed by atoms with Crippen molar-refractivity contribution in [2.75, 3.05) is 115 Å². The van der Waals surface area contributed by atoms with Gasteiger partial charge in [0.1, 0.15) is 22.6 Å². The maximum absolute atomic E-state index is 14.3. The Kier molecular flexibility index (Phi) is 27.8. The van der Waals surface area contributed by atoms with Crippen LogP contribution in [0.25, 0.3) is 49.8 Å². The highest BCUT2D eigenvalue weighted by molar-refractivity contribution is 7.93. The lowest BCUT2D eigenvalue weighted by Crippen LogP contribution is -2.44. The van der Waals surface area contributed by atoms with Crippen molar-refractivity contribution < 1.29 is 21.0 Å². The van der Waals surface area contributed by atoms with E-state index in [2.05, 4.69) is 137 Å². The van der Waals surface area contributed by atoms with Gasteiger partial charge in [0.15, 0.2) is 9.84 Å². The molecule has 0 spiro atoms. The van der Waals surface area contributed by atoms with Crippen molar-refractivity contribution in [1.82, 2.24) is 84.1 Å². The smallest absolute Gasteiger partial charge is 0.276 e. The van der Waals surface area contributed by atoms with Gasteiger partial charge in [-0.1, -0.05) is 29.8 Å². The lowest BCUT2D eigenvalue weighted by molar-refractivity contribution is 0.313. The molecule has 4 aliphatic rings. The maximum atomic E-state index is 14.3. The molecule has 3 saturated heterocycles. The van der Waals surface area contributed by atoms with E-state index in [0.717, 1.165) is 159 Å². The number of rotatable bonds is 25. The highest BCUT2D eigenvalue weighted by Gasteiger charge is 2.30. The molecule has 133 heavy (non-hydrogen) atoms. The zero-order valence-corrected chi connectivity index (χ0v) is 77.9. The third-order valence-corrected chi connectivity index (χ3v) is 30.4. The molecule has 19 rings (SSSR count). The summed E-state index contributed by atoms with van der Waals surface area (Å²) in [5.74, 6) is 1.01. The first kappa shape index (κ1) is 91.2. The van der Waals surface area contributed by atoms with Crippen LogP contribution in [0.3, 0.4) is 0 Å². The van der Waals surface area contributed by atoms with Crippen molar-refractivity contribution >= 4 is 144 Å². The van der Waals surface area contributed by atoms with E-state index in [-0.39, 0.29) is 62.2 Å². The number of likely N-dealkylation sites (N-methyl/N-ethyl adjacent to an activating group) is 1. The van der Waals surface area contributed by atoms with Gasteiger partial charge in [-0.3, -0.25) is 52.2 Å². The van der Waals surface area contributed by atoms with E-state index in [9.17, 15) is 35.4 Å². The number of sulfone groups is 2. The molecule has 1 aliphatic carbocycles. The number of nitrogens with zero attached hydrogens (tertiary/aromatic N) is 17. The number of hydrogen-bond donors (Lipinski definition) is 7. The zero-order chi connectivity index (χ0) is 92.4. The van der Waals surface area contributed by atoms with Crippen LogP contribution < -0.4 is 63.7 Å². The Morgan fingerprint density at radius 3 is 1.75 bits per heavy atom. The highest BCUT2D eigenvalue weighted by Crippen LogP contribution is 2.36. The van der Waals surface area contributed by atoms with Crippen molar-refractivity contribution in [1.29, 1.82) is 0 Å². The van der Waals surface area contributed by atoms with Crippen LogP contribution in [0.5, 0.6) is 0 Å². The summed E-state index contributed by atoms with van der Waals surface area (Å²) in [6.07, 6.45) is 24.1. The second-order valence-corrected chi connectivity index (χ2v) is 40.3.